The van der Waals surface area contributed by atoms with E-state index in [4.69, 9.17) is 5.11 Å². The highest BCUT2D eigenvalue weighted by atomic mass is 19.4. The quantitative estimate of drug-likeness (QED) is 0.836. The van der Waals surface area contributed by atoms with Crippen LogP contribution in [0.1, 0.15) is 17.3 Å². The number of carboxylic acids is 1. The first-order chi connectivity index (χ1) is 8.62. The molecule has 1 atom stereocenters. The zero-order valence-electron chi connectivity index (χ0n) is 9.58. The maximum Gasteiger partial charge on any atom is 0.400 e. The van der Waals surface area contributed by atoms with E-state index in [1.54, 1.807) is 5.32 Å². The number of aromatic carboxylic acids is 1. The second kappa shape index (κ2) is 5.25. The summed E-state index contributed by atoms with van der Waals surface area (Å²) in [5, 5.41) is 10.3. The molecule has 0 saturated carbocycles. The molecule has 4 nitrogen and oxygen atoms in total. The third-order valence-electron chi connectivity index (χ3n) is 2.36. The molecule has 0 aromatic heterocycles. The number of hydrogen-bond donors (Lipinski definition) is 2. The van der Waals surface area contributed by atoms with Crippen molar-refractivity contribution in [1.82, 2.24) is 0 Å². The minimum atomic E-state index is -4.73. The standard InChI is InChI=1S/C11H9F4NO3/c1-5(11(13,14)15)9(17)16-8-3-2-6(10(18)19)4-7(8)12/h2-5H,1H3,(H,16,17)(H,18,19). The second-order valence-corrected chi connectivity index (χ2v) is 3.75. The average molecular weight is 279 g/mol. The van der Waals surface area contributed by atoms with Gasteiger partial charge in [-0.2, -0.15) is 13.2 Å². The minimum absolute atomic E-state index is 0.376. The number of amides is 1. The Bertz CT molecular complexity index is 513. The van der Waals surface area contributed by atoms with Gasteiger partial charge in [0.25, 0.3) is 0 Å². The molecule has 1 unspecified atom stereocenters. The molecule has 1 rings (SSSR count). The topological polar surface area (TPSA) is 66.4 Å². The highest BCUT2D eigenvalue weighted by Gasteiger charge is 2.41. The molecule has 0 radical (unpaired) electrons. The van der Waals surface area contributed by atoms with Crippen molar-refractivity contribution in [3.05, 3.63) is 29.6 Å². The van der Waals surface area contributed by atoms with Gasteiger partial charge in [0.2, 0.25) is 5.91 Å². The Labute approximate surface area is 105 Å². The summed E-state index contributed by atoms with van der Waals surface area (Å²) in [6, 6.07) is 2.47. The third kappa shape index (κ3) is 3.67. The van der Waals surface area contributed by atoms with Gasteiger partial charge >= 0.3 is 12.1 Å². The smallest absolute Gasteiger partial charge is 0.400 e. The van der Waals surface area contributed by atoms with Crippen LogP contribution in [0.15, 0.2) is 18.2 Å². The van der Waals surface area contributed by atoms with Gasteiger partial charge in [-0.3, -0.25) is 4.79 Å². The van der Waals surface area contributed by atoms with Gasteiger partial charge in [-0.15, -0.1) is 0 Å². The van der Waals surface area contributed by atoms with Gasteiger partial charge in [-0.1, -0.05) is 0 Å². The maximum absolute atomic E-state index is 13.4. The van der Waals surface area contributed by atoms with E-state index >= 15 is 0 Å². The first-order valence-electron chi connectivity index (χ1n) is 5.03. The summed E-state index contributed by atoms with van der Waals surface area (Å²) in [7, 11) is 0. The molecule has 1 aromatic carbocycles. The summed E-state index contributed by atoms with van der Waals surface area (Å²) in [5.41, 5.74) is -0.884. The number of rotatable bonds is 3. The number of nitrogens with one attached hydrogen (secondary N) is 1. The van der Waals surface area contributed by atoms with Gasteiger partial charge in [-0.25, -0.2) is 9.18 Å². The van der Waals surface area contributed by atoms with Gasteiger partial charge in [0.15, 0.2) is 0 Å². The molecule has 0 saturated heterocycles. The summed E-state index contributed by atoms with van der Waals surface area (Å²) in [6.45, 7) is 0.638. The Morgan fingerprint density at radius 1 is 1.32 bits per heavy atom. The molecule has 8 heteroatoms. The van der Waals surface area contributed by atoms with Crippen molar-refractivity contribution in [3.63, 3.8) is 0 Å². The highest BCUT2D eigenvalue weighted by Crippen LogP contribution is 2.27. The first kappa shape index (κ1) is 14.9. The molecule has 0 aliphatic rings. The van der Waals surface area contributed by atoms with E-state index in [2.05, 4.69) is 0 Å². The van der Waals surface area contributed by atoms with Crippen molar-refractivity contribution in [2.75, 3.05) is 5.32 Å². The lowest BCUT2D eigenvalue weighted by molar-refractivity contribution is -0.175. The molecule has 0 bridgehead atoms. The Morgan fingerprint density at radius 3 is 2.32 bits per heavy atom. The van der Waals surface area contributed by atoms with E-state index in [1.165, 1.54) is 0 Å². The van der Waals surface area contributed by atoms with Gasteiger partial charge in [0.1, 0.15) is 11.7 Å². The summed E-state index contributed by atoms with van der Waals surface area (Å²) >= 11 is 0. The van der Waals surface area contributed by atoms with Crippen LogP contribution in [0.3, 0.4) is 0 Å². The molecular weight excluding hydrogens is 270 g/mol. The average Bonchev–Trinajstić information content (AvgIpc) is 2.29. The first-order valence-corrected chi connectivity index (χ1v) is 5.03. The van der Waals surface area contributed by atoms with Crippen LogP contribution in [0.25, 0.3) is 0 Å². The Balaban J connectivity index is 2.89. The van der Waals surface area contributed by atoms with Crippen LogP contribution in [0, 0.1) is 11.7 Å². The second-order valence-electron chi connectivity index (χ2n) is 3.75. The number of alkyl halides is 3. The normalized spacial score (nSPS) is 12.9. The van der Waals surface area contributed by atoms with E-state index in [9.17, 15) is 27.2 Å². The molecular formula is C11H9F4NO3. The number of carbonyl (C=O) groups is 2. The van der Waals surface area contributed by atoms with Crippen LogP contribution < -0.4 is 5.32 Å². The lowest BCUT2D eigenvalue weighted by atomic mass is 10.1. The maximum atomic E-state index is 13.4. The largest absolute Gasteiger partial charge is 0.478 e. The molecule has 104 valence electrons. The Hall–Kier alpha value is -2.12. The SMILES string of the molecule is CC(C(=O)Nc1ccc(C(=O)O)cc1F)C(F)(F)F. The fourth-order valence-electron chi connectivity index (χ4n) is 1.14. The van der Waals surface area contributed by atoms with Gasteiger partial charge < -0.3 is 10.4 Å². The zero-order chi connectivity index (χ0) is 14.8. The number of hydrogen-bond acceptors (Lipinski definition) is 2. The van der Waals surface area contributed by atoms with Crippen molar-refractivity contribution < 1.29 is 32.3 Å². The highest BCUT2D eigenvalue weighted by molar-refractivity contribution is 5.94. The van der Waals surface area contributed by atoms with Gasteiger partial charge in [-0.05, 0) is 25.1 Å². The molecule has 0 aliphatic heterocycles. The van der Waals surface area contributed by atoms with E-state index in [-0.39, 0.29) is 5.56 Å². The molecule has 19 heavy (non-hydrogen) atoms. The number of anilines is 1. The van der Waals surface area contributed by atoms with Crippen molar-refractivity contribution in [1.29, 1.82) is 0 Å². The van der Waals surface area contributed by atoms with Crippen molar-refractivity contribution in [2.24, 2.45) is 5.92 Å². The fraction of sp³-hybridized carbons (Fsp3) is 0.273. The zero-order valence-corrected chi connectivity index (χ0v) is 9.58. The van der Waals surface area contributed by atoms with Crippen LogP contribution in [-0.4, -0.2) is 23.2 Å². The van der Waals surface area contributed by atoms with Crippen molar-refractivity contribution >= 4 is 17.6 Å². The predicted molar refractivity (Wildman–Crippen MR) is 57.2 cm³/mol. The summed E-state index contributed by atoms with van der Waals surface area (Å²) < 4.78 is 50.1. The fourth-order valence-corrected chi connectivity index (χ4v) is 1.14. The molecule has 0 fully saturated rings. The molecule has 0 heterocycles. The Morgan fingerprint density at radius 2 is 1.89 bits per heavy atom. The molecule has 0 spiro atoms. The van der Waals surface area contributed by atoms with Crippen LogP contribution in [0.2, 0.25) is 0 Å². The third-order valence-corrected chi connectivity index (χ3v) is 2.36. The molecule has 2 N–H and O–H groups in total. The van der Waals surface area contributed by atoms with Crippen LogP contribution >= 0.6 is 0 Å². The van der Waals surface area contributed by atoms with Gasteiger partial charge in [0, 0.05) is 0 Å². The summed E-state index contributed by atoms with van der Waals surface area (Å²) in [4.78, 5) is 21.7. The molecule has 1 amide bonds. The number of benzene rings is 1. The summed E-state index contributed by atoms with van der Waals surface area (Å²) in [5.74, 6) is -6.23. The van der Waals surface area contributed by atoms with E-state index in [0.717, 1.165) is 12.1 Å². The van der Waals surface area contributed by atoms with E-state index < -0.39 is 35.5 Å². The number of halogens is 4. The van der Waals surface area contributed by atoms with Gasteiger partial charge in [0.05, 0.1) is 11.3 Å². The van der Waals surface area contributed by atoms with Crippen LogP contribution in [0.4, 0.5) is 23.2 Å². The van der Waals surface area contributed by atoms with E-state index in [1.807, 2.05) is 0 Å². The number of carboxylic acid groups (broad SMARTS) is 1. The number of carbonyl (C=O) groups excluding carboxylic acids is 1. The van der Waals surface area contributed by atoms with Crippen LogP contribution in [0.5, 0.6) is 0 Å². The monoisotopic (exact) mass is 279 g/mol. The lowest BCUT2D eigenvalue weighted by Gasteiger charge is -2.15. The van der Waals surface area contributed by atoms with Crippen LogP contribution in [-0.2, 0) is 4.79 Å². The van der Waals surface area contributed by atoms with Crippen molar-refractivity contribution in [3.8, 4) is 0 Å². The lowest BCUT2D eigenvalue weighted by Crippen LogP contribution is -2.32. The minimum Gasteiger partial charge on any atom is -0.478 e. The van der Waals surface area contributed by atoms with E-state index in [0.29, 0.717) is 13.0 Å². The molecule has 0 aliphatic carbocycles. The Kier molecular flexibility index (Phi) is 4.13. The van der Waals surface area contributed by atoms with Crippen molar-refractivity contribution in [2.45, 2.75) is 13.1 Å². The predicted octanol–water partition coefficient (Wildman–Crippen LogP) is 2.66. The summed E-state index contributed by atoms with van der Waals surface area (Å²) in [6.07, 6.45) is -4.73. The molecule has 1 aromatic rings.